The van der Waals surface area contributed by atoms with E-state index in [0.29, 0.717) is 0 Å². The van der Waals surface area contributed by atoms with Crippen LogP contribution in [0.5, 0.6) is 11.5 Å². The molecule has 0 saturated carbocycles. The van der Waals surface area contributed by atoms with Crippen LogP contribution in [0, 0.1) is 13.8 Å². The molecule has 2 aromatic carbocycles. The van der Waals surface area contributed by atoms with Gasteiger partial charge in [-0.15, -0.1) is 0 Å². The molecule has 1 aliphatic heterocycles. The molecule has 0 saturated heterocycles. The molecule has 2 aromatic rings. The Morgan fingerprint density at radius 2 is 1.59 bits per heavy atom. The molecular weight excluding hydrogens is 251 g/mol. The molecule has 0 amide bonds. The van der Waals surface area contributed by atoms with Crippen LogP contribution >= 0.6 is 18.5 Å². The standard InChI is InChI=1S/C14H12ClOP/c1-9-4-6-13-12(7-9)16-11-5-3-10(2)8-14(11)17(13)15/h3-8H,1-2H3. The highest BCUT2D eigenvalue weighted by Crippen LogP contribution is 2.49. The van der Waals surface area contributed by atoms with Crippen molar-refractivity contribution in [1.29, 1.82) is 0 Å². The Balaban J connectivity index is 2.17. The summed E-state index contributed by atoms with van der Waals surface area (Å²) >= 11 is 6.59. The van der Waals surface area contributed by atoms with E-state index >= 15 is 0 Å². The molecule has 0 aliphatic carbocycles. The summed E-state index contributed by atoms with van der Waals surface area (Å²) in [6.45, 7) is 4.13. The lowest BCUT2D eigenvalue weighted by molar-refractivity contribution is 0.488. The summed E-state index contributed by atoms with van der Waals surface area (Å²) in [6.07, 6.45) is 0. The fourth-order valence-corrected chi connectivity index (χ4v) is 4.20. The molecular formula is C14H12ClOP. The monoisotopic (exact) mass is 262 g/mol. The highest BCUT2D eigenvalue weighted by Gasteiger charge is 2.25. The third-order valence-electron chi connectivity index (χ3n) is 2.87. The summed E-state index contributed by atoms with van der Waals surface area (Å²) < 4.78 is 5.92. The first kappa shape index (κ1) is 11.1. The van der Waals surface area contributed by atoms with Gasteiger partial charge < -0.3 is 4.74 Å². The van der Waals surface area contributed by atoms with Gasteiger partial charge >= 0.3 is 0 Å². The molecule has 1 nitrogen and oxygen atoms in total. The Labute approximate surface area is 107 Å². The number of hydrogen-bond donors (Lipinski definition) is 0. The fourth-order valence-electron chi connectivity index (χ4n) is 1.98. The molecule has 0 radical (unpaired) electrons. The van der Waals surface area contributed by atoms with Crippen LogP contribution in [0.3, 0.4) is 0 Å². The highest BCUT2D eigenvalue weighted by atomic mass is 35.7. The summed E-state index contributed by atoms with van der Waals surface area (Å²) in [6, 6.07) is 12.4. The van der Waals surface area contributed by atoms with Crippen LogP contribution in [-0.4, -0.2) is 0 Å². The number of rotatable bonds is 0. The predicted molar refractivity (Wildman–Crippen MR) is 74.5 cm³/mol. The first-order valence-corrected chi connectivity index (χ1v) is 7.75. The van der Waals surface area contributed by atoms with Gasteiger partial charge in [-0.1, -0.05) is 28.9 Å². The number of hydrogen-bond acceptors (Lipinski definition) is 1. The quantitative estimate of drug-likeness (QED) is 0.652. The van der Waals surface area contributed by atoms with E-state index in [2.05, 4.69) is 44.2 Å². The molecule has 86 valence electrons. The van der Waals surface area contributed by atoms with Gasteiger partial charge in [0.25, 0.3) is 0 Å². The van der Waals surface area contributed by atoms with Gasteiger partial charge in [0, 0.05) is 10.6 Å². The number of aryl methyl sites for hydroxylation is 2. The smallest absolute Gasteiger partial charge is 0.136 e. The van der Waals surface area contributed by atoms with Gasteiger partial charge in [0.15, 0.2) is 0 Å². The van der Waals surface area contributed by atoms with Crippen molar-refractivity contribution < 1.29 is 4.74 Å². The molecule has 1 unspecified atom stereocenters. The zero-order valence-electron chi connectivity index (χ0n) is 9.70. The molecule has 0 spiro atoms. The second kappa shape index (κ2) is 4.01. The van der Waals surface area contributed by atoms with Crippen molar-refractivity contribution in [2.75, 3.05) is 0 Å². The Morgan fingerprint density at radius 3 is 2.41 bits per heavy atom. The molecule has 0 N–H and O–H groups in total. The van der Waals surface area contributed by atoms with Gasteiger partial charge in [-0.05, 0) is 43.7 Å². The number of fused-ring (bicyclic) bond motifs is 2. The zero-order chi connectivity index (χ0) is 12.0. The molecule has 0 fully saturated rings. The van der Waals surface area contributed by atoms with Gasteiger partial charge in [0.1, 0.15) is 11.5 Å². The normalized spacial score (nSPS) is 17.0. The van der Waals surface area contributed by atoms with Gasteiger partial charge in [-0.2, -0.15) is 0 Å². The second-order valence-electron chi connectivity index (χ2n) is 4.33. The molecule has 0 aromatic heterocycles. The van der Waals surface area contributed by atoms with Crippen LogP contribution in [0.1, 0.15) is 11.1 Å². The van der Waals surface area contributed by atoms with Crippen LogP contribution in [0.4, 0.5) is 0 Å². The number of halogens is 1. The lowest BCUT2D eigenvalue weighted by atomic mass is 10.2. The van der Waals surface area contributed by atoms with E-state index in [1.165, 1.54) is 11.1 Å². The van der Waals surface area contributed by atoms with E-state index in [0.717, 1.165) is 22.1 Å². The van der Waals surface area contributed by atoms with E-state index in [1.807, 2.05) is 6.07 Å². The van der Waals surface area contributed by atoms with Crippen molar-refractivity contribution in [3.8, 4) is 11.5 Å². The first-order valence-electron chi connectivity index (χ1n) is 5.50. The lowest BCUT2D eigenvalue weighted by Crippen LogP contribution is -2.19. The van der Waals surface area contributed by atoms with E-state index in [4.69, 9.17) is 16.0 Å². The second-order valence-corrected chi connectivity index (χ2v) is 6.86. The fraction of sp³-hybridized carbons (Fsp3) is 0.143. The lowest BCUT2D eigenvalue weighted by Gasteiger charge is -2.24. The zero-order valence-corrected chi connectivity index (χ0v) is 11.3. The molecule has 1 atom stereocenters. The molecule has 17 heavy (non-hydrogen) atoms. The van der Waals surface area contributed by atoms with Crippen LogP contribution in [-0.2, 0) is 0 Å². The summed E-state index contributed by atoms with van der Waals surface area (Å²) in [7, 11) is -0.805. The van der Waals surface area contributed by atoms with Crippen molar-refractivity contribution >= 4 is 29.1 Å². The first-order chi connectivity index (χ1) is 8.15. The minimum absolute atomic E-state index is 0.805. The molecule has 3 heteroatoms. The Morgan fingerprint density at radius 1 is 0.882 bits per heavy atom. The predicted octanol–water partition coefficient (Wildman–Crippen LogP) is 4.00. The third kappa shape index (κ3) is 1.84. The van der Waals surface area contributed by atoms with Gasteiger partial charge in [-0.3, -0.25) is 0 Å². The molecule has 3 rings (SSSR count). The van der Waals surface area contributed by atoms with Crippen molar-refractivity contribution in [1.82, 2.24) is 0 Å². The molecule has 1 heterocycles. The molecule has 0 bridgehead atoms. The van der Waals surface area contributed by atoms with Gasteiger partial charge in [-0.25, -0.2) is 0 Å². The SMILES string of the molecule is Cc1ccc2c(c1)Oc1ccc(C)cc1P2Cl. The minimum Gasteiger partial charge on any atom is -0.456 e. The number of ether oxygens (including phenoxy) is 1. The maximum Gasteiger partial charge on any atom is 0.136 e. The Kier molecular flexibility index (Phi) is 2.61. The molecule has 1 aliphatic rings. The maximum absolute atomic E-state index is 6.59. The van der Waals surface area contributed by atoms with Crippen molar-refractivity contribution in [2.45, 2.75) is 13.8 Å². The number of benzene rings is 2. The Hall–Kier alpha value is -1.04. The highest BCUT2D eigenvalue weighted by molar-refractivity contribution is 7.96. The minimum atomic E-state index is -0.805. The van der Waals surface area contributed by atoms with Crippen molar-refractivity contribution in [2.24, 2.45) is 0 Å². The van der Waals surface area contributed by atoms with Crippen molar-refractivity contribution in [3.05, 3.63) is 47.5 Å². The largest absolute Gasteiger partial charge is 0.456 e. The average molecular weight is 263 g/mol. The van der Waals surface area contributed by atoms with Gasteiger partial charge in [0.2, 0.25) is 0 Å². The van der Waals surface area contributed by atoms with E-state index in [1.54, 1.807) is 0 Å². The summed E-state index contributed by atoms with van der Waals surface area (Å²) in [5, 5.41) is 2.24. The van der Waals surface area contributed by atoms with Crippen LogP contribution in [0.15, 0.2) is 36.4 Å². The van der Waals surface area contributed by atoms with E-state index in [9.17, 15) is 0 Å². The van der Waals surface area contributed by atoms with Gasteiger partial charge in [0.05, 0.1) is 7.27 Å². The maximum atomic E-state index is 6.59. The van der Waals surface area contributed by atoms with Crippen LogP contribution < -0.4 is 15.3 Å². The average Bonchev–Trinajstić information content (AvgIpc) is 2.30. The summed E-state index contributed by atoms with van der Waals surface area (Å²) in [4.78, 5) is 0. The summed E-state index contributed by atoms with van der Waals surface area (Å²) in [5.41, 5.74) is 2.41. The van der Waals surface area contributed by atoms with Crippen LogP contribution in [0.25, 0.3) is 0 Å². The van der Waals surface area contributed by atoms with Crippen molar-refractivity contribution in [3.63, 3.8) is 0 Å². The Bertz CT molecular complexity index is 595. The topological polar surface area (TPSA) is 9.23 Å². The van der Waals surface area contributed by atoms with E-state index in [-0.39, 0.29) is 0 Å². The third-order valence-corrected chi connectivity index (χ3v) is 5.53. The van der Waals surface area contributed by atoms with E-state index < -0.39 is 7.27 Å². The van der Waals surface area contributed by atoms with Crippen LogP contribution in [0.2, 0.25) is 0 Å². The summed E-state index contributed by atoms with van der Waals surface area (Å²) in [5.74, 6) is 1.80.